The molecule has 0 saturated heterocycles. The van der Waals surface area contributed by atoms with Gasteiger partial charge in [-0.25, -0.2) is 0 Å². The van der Waals surface area contributed by atoms with Gasteiger partial charge in [0, 0.05) is 16.8 Å². The summed E-state index contributed by atoms with van der Waals surface area (Å²) in [5, 5.41) is 0. The fraction of sp³-hybridized carbons (Fsp3) is 0.167. The van der Waals surface area contributed by atoms with Crippen LogP contribution >= 0.6 is 0 Å². The smallest absolute Gasteiger partial charge is 0.203 e. The number of anilines is 1. The van der Waals surface area contributed by atoms with Crippen molar-refractivity contribution in [3.05, 3.63) is 53.6 Å². The SMILES string of the molecule is COc1ccc(/C=C/C(=O)c2ccccc2N)c(OC)c1OC. The molecule has 2 rings (SSSR count). The first-order valence-corrected chi connectivity index (χ1v) is 6.98. The number of carbonyl (C=O) groups excluding carboxylic acids is 1. The van der Waals surface area contributed by atoms with Crippen molar-refractivity contribution in [1.29, 1.82) is 0 Å². The lowest BCUT2D eigenvalue weighted by Gasteiger charge is -2.13. The monoisotopic (exact) mass is 313 g/mol. The van der Waals surface area contributed by atoms with Crippen molar-refractivity contribution >= 4 is 17.5 Å². The van der Waals surface area contributed by atoms with E-state index in [1.807, 2.05) is 0 Å². The zero-order valence-electron chi connectivity index (χ0n) is 13.3. The van der Waals surface area contributed by atoms with Gasteiger partial charge < -0.3 is 19.9 Å². The predicted octanol–water partition coefficient (Wildman–Crippen LogP) is 3.19. The fourth-order valence-corrected chi connectivity index (χ4v) is 2.23. The lowest BCUT2D eigenvalue weighted by Crippen LogP contribution is -2.00. The van der Waals surface area contributed by atoms with E-state index >= 15 is 0 Å². The molecule has 0 fully saturated rings. The van der Waals surface area contributed by atoms with Gasteiger partial charge in [0.05, 0.1) is 21.3 Å². The molecule has 0 heterocycles. The van der Waals surface area contributed by atoms with Gasteiger partial charge in [0.25, 0.3) is 0 Å². The molecule has 0 atom stereocenters. The maximum absolute atomic E-state index is 12.3. The summed E-state index contributed by atoms with van der Waals surface area (Å²) in [5.74, 6) is 1.35. The molecule has 120 valence electrons. The first kappa shape index (κ1) is 16.4. The Morgan fingerprint density at radius 3 is 2.26 bits per heavy atom. The number of rotatable bonds is 6. The summed E-state index contributed by atoms with van der Waals surface area (Å²) >= 11 is 0. The number of ketones is 1. The number of methoxy groups -OCH3 is 3. The topological polar surface area (TPSA) is 70.8 Å². The van der Waals surface area contributed by atoms with Crippen molar-refractivity contribution in [2.45, 2.75) is 0 Å². The number of ether oxygens (including phenoxy) is 3. The van der Waals surface area contributed by atoms with Crippen LogP contribution in [0.4, 0.5) is 5.69 Å². The van der Waals surface area contributed by atoms with E-state index in [4.69, 9.17) is 19.9 Å². The molecule has 0 saturated carbocycles. The lowest BCUT2D eigenvalue weighted by molar-refractivity contribution is 0.104. The van der Waals surface area contributed by atoms with Crippen LogP contribution in [0, 0.1) is 0 Å². The van der Waals surface area contributed by atoms with Crippen LogP contribution in [0.15, 0.2) is 42.5 Å². The Hall–Kier alpha value is -2.95. The Morgan fingerprint density at radius 1 is 0.957 bits per heavy atom. The molecular formula is C18H19NO4. The molecule has 0 aliphatic heterocycles. The maximum Gasteiger partial charge on any atom is 0.203 e. The number of benzene rings is 2. The highest BCUT2D eigenvalue weighted by Crippen LogP contribution is 2.40. The summed E-state index contributed by atoms with van der Waals surface area (Å²) in [6.45, 7) is 0. The summed E-state index contributed by atoms with van der Waals surface area (Å²) in [7, 11) is 4.61. The third-order valence-electron chi connectivity index (χ3n) is 3.38. The average molecular weight is 313 g/mol. The molecule has 2 aromatic carbocycles. The van der Waals surface area contributed by atoms with E-state index in [0.717, 1.165) is 0 Å². The fourth-order valence-electron chi connectivity index (χ4n) is 2.23. The van der Waals surface area contributed by atoms with E-state index in [0.29, 0.717) is 34.1 Å². The minimum absolute atomic E-state index is 0.181. The van der Waals surface area contributed by atoms with Crippen LogP contribution in [0.25, 0.3) is 6.08 Å². The van der Waals surface area contributed by atoms with Gasteiger partial charge in [-0.05, 0) is 36.4 Å². The normalized spacial score (nSPS) is 10.6. The number of carbonyl (C=O) groups is 1. The number of hydrogen-bond acceptors (Lipinski definition) is 5. The lowest BCUT2D eigenvalue weighted by atomic mass is 10.1. The van der Waals surface area contributed by atoms with Crippen molar-refractivity contribution in [3.63, 3.8) is 0 Å². The van der Waals surface area contributed by atoms with Gasteiger partial charge in [0.1, 0.15) is 0 Å². The molecule has 0 aliphatic rings. The van der Waals surface area contributed by atoms with Crippen LogP contribution in [0.3, 0.4) is 0 Å². The average Bonchev–Trinajstić information content (AvgIpc) is 2.58. The van der Waals surface area contributed by atoms with Gasteiger partial charge in [-0.1, -0.05) is 12.1 Å². The second-order valence-corrected chi connectivity index (χ2v) is 4.71. The van der Waals surface area contributed by atoms with E-state index in [9.17, 15) is 4.79 Å². The van der Waals surface area contributed by atoms with E-state index < -0.39 is 0 Å². The molecule has 0 aromatic heterocycles. The number of nitrogens with two attached hydrogens (primary N) is 1. The number of allylic oxidation sites excluding steroid dienone is 1. The van der Waals surface area contributed by atoms with Gasteiger partial charge in [0.15, 0.2) is 17.3 Å². The zero-order valence-corrected chi connectivity index (χ0v) is 13.3. The number of hydrogen-bond donors (Lipinski definition) is 1. The molecule has 0 radical (unpaired) electrons. The second kappa shape index (κ2) is 7.35. The first-order chi connectivity index (χ1) is 11.1. The summed E-state index contributed by atoms with van der Waals surface area (Å²) < 4.78 is 15.9. The molecule has 23 heavy (non-hydrogen) atoms. The summed E-state index contributed by atoms with van der Waals surface area (Å²) in [6, 6.07) is 10.5. The second-order valence-electron chi connectivity index (χ2n) is 4.71. The predicted molar refractivity (Wildman–Crippen MR) is 90.3 cm³/mol. The number of nitrogen functional groups attached to an aromatic ring is 1. The van der Waals surface area contributed by atoms with Crippen molar-refractivity contribution in [2.75, 3.05) is 27.1 Å². The maximum atomic E-state index is 12.3. The van der Waals surface area contributed by atoms with Gasteiger partial charge >= 0.3 is 0 Å². The van der Waals surface area contributed by atoms with Crippen molar-refractivity contribution in [1.82, 2.24) is 0 Å². The van der Waals surface area contributed by atoms with Gasteiger partial charge in [-0.15, -0.1) is 0 Å². The van der Waals surface area contributed by atoms with Crippen LogP contribution in [0.5, 0.6) is 17.2 Å². The van der Waals surface area contributed by atoms with Gasteiger partial charge in [-0.2, -0.15) is 0 Å². The number of para-hydroxylation sites is 1. The third-order valence-corrected chi connectivity index (χ3v) is 3.38. The van der Waals surface area contributed by atoms with Crippen LogP contribution in [-0.4, -0.2) is 27.1 Å². The van der Waals surface area contributed by atoms with E-state index in [1.54, 1.807) is 49.6 Å². The van der Waals surface area contributed by atoms with Crippen LogP contribution < -0.4 is 19.9 Å². The standard InChI is InChI=1S/C18H19NO4/c1-21-16-11-9-12(17(22-2)18(16)23-3)8-10-15(20)13-6-4-5-7-14(13)19/h4-11H,19H2,1-3H3/b10-8+. The summed E-state index contributed by atoms with van der Waals surface area (Å²) in [5.41, 5.74) is 7.42. The highest BCUT2D eigenvalue weighted by Gasteiger charge is 2.14. The molecule has 0 amide bonds. The Balaban J connectivity index is 2.36. The summed E-state index contributed by atoms with van der Waals surface area (Å²) in [6.07, 6.45) is 3.12. The highest BCUT2D eigenvalue weighted by atomic mass is 16.5. The molecule has 0 bridgehead atoms. The van der Waals surface area contributed by atoms with Crippen LogP contribution in [0.2, 0.25) is 0 Å². The molecule has 0 unspecified atom stereocenters. The van der Waals surface area contributed by atoms with E-state index in [2.05, 4.69) is 0 Å². The Morgan fingerprint density at radius 2 is 1.65 bits per heavy atom. The Labute approximate surface area is 135 Å². The first-order valence-electron chi connectivity index (χ1n) is 6.98. The quantitative estimate of drug-likeness (QED) is 0.504. The van der Waals surface area contributed by atoms with Crippen molar-refractivity contribution in [3.8, 4) is 17.2 Å². The van der Waals surface area contributed by atoms with Gasteiger partial charge in [0.2, 0.25) is 5.75 Å². The van der Waals surface area contributed by atoms with E-state index in [1.165, 1.54) is 20.3 Å². The van der Waals surface area contributed by atoms with Crippen LogP contribution in [0.1, 0.15) is 15.9 Å². The van der Waals surface area contributed by atoms with Crippen molar-refractivity contribution < 1.29 is 19.0 Å². The van der Waals surface area contributed by atoms with Crippen molar-refractivity contribution in [2.24, 2.45) is 0 Å². The van der Waals surface area contributed by atoms with Crippen LogP contribution in [-0.2, 0) is 0 Å². The minimum Gasteiger partial charge on any atom is -0.493 e. The minimum atomic E-state index is -0.181. The molecule has 5 nitrogen and oxygen atoms in total. The zero-order chi connectivity index (χ0) is 16.8. The van der Waals surface area contributed by atoms with Gasteiger partial charge in [-0.3, -0.25) is 4.79 Å². The molecule has 5 heteroatoms. The third kappa shape index (κ3) is 3.45. The molecule has 2 N–H and O–H groups in total. The molecule has 0 spiro atoms. The Bertz CT molecular complexity index is 738. The highest BCUT2D eigenvalue weighted by molar-refractivity contribution is 6.10. The molecule has 2 aromatic rings. The largest absolute Gasteiger partial charge is 0.493 e. The molecule has 0 aliphatic carbocycles. The van der Waals surface area contributed by atoms with E-state index in [-0.39, 0.29) is 5.78 Å². The Kier molecular flexibility index (Phi) is 5.25. The summed E-state index contributed by atoms with van der Waals surface area (Å²) in [4.78, 5) is 12.3. The molecular weight excluding hydrogens is 294 g/mol.